The van der Waals surface area contributed by atoms with Crippen LogP contribution in [0.1, 0.15) is 71.2 Å². The largest absolute Gasteiger partial charge is 0.586 e. The molecule has 9 nitrogen and oxygen atoms in total. The molecule has 262 valence electrons. The van der Waals surface area contributed by atoms with Gasteiger partial charge in [-0.05, 0) is 108 Å². The molecule has 1 atom stereocenters. The van der Waals surface area contributed by atoms with Crippen LogP contribution in [0.25, 0.3) is 0 Å². The molecule has 0 amide bonds. The average molecular weight is 700 g/mol. The molecule has 1 saturated carbocycles. The summed E-state index contributed by atoms with van der Waals surface area (Å²) in [6, 6.07) is 15.9. The minimum atomic E-state index is -3.66. The van der Waals surface area contributed by atoms with E-state index < -0.39 is 17.5 Å². The zero-order valence-electron chi connectivity index (χ0n) is 28.7. The lowest BCUT2D eigenvalue weighted by atomic mass is 9.79. The second kappa shape index (κ2) is 12.8. The van der Waals surface area contributed by atoms with Crippen LogP contribution in [0.5, 0.6) is 17.2 Å². The Labute approximate surface area is 290 Å². The van der Waals surface area contributed by atoms with Crippen LogP contribution in [0.2, 0.25) is 5.15 Å². The maximum Gasteiger partial charge on any atom is 0.586 e. The normalized spacial score (nSPS) is 23.1. The van der Waals surface area contributed by atoms with Crippen LogP contribution >= 0.6 is 11.6 Å². The average Bonchev–Trinajstić information content (AvgIpc) is 3.60. The number of aromatic nitrogens is 1. The summed E-state index contributed by atoms with van der Waals surface area (Å²) < 4.78 is 64.4. The number of hydrogen-bond donors (Lipinski definition) is 0. The number of ketones is 1. The molecule has 4 heterocycles. The van der Waals surface area contributed by atoms with Gasteiger partial charge in [0, 0.05) is 12.1 Å². The third-order valence-electron chi connectivity index (χ3n) is 9.58. The van der Waals surface area contributed by atoms with Crippen molar-refractivity contribution in [3.8, 4) is 17.2 Å². The number of halogens is 3. The first-order valence-electron chi connectivity index (χ1n) is 16.3. The third-order valence-corrected chi connectivity index (χ3v) is 9.96. The summed E-state index contributed by atoms with van der Waals surface area (Å²) in [4.78, 5) is 17.0. The number of carbonyl (C=O) groups excluding carboxylic acids is 1. The van der Waals surface area contributed by atoms with Crippen LogP contribution in [-0.4, -0.2) is 60.5 Å². The van der Waals surface area contributed by atoms with Gasteiger partial charge in [0.1, 0.15) is 29.4 Å². The van der Waals surface area contributed by atoms with Gasteiger partial charge in [-0.2, -0.15) is 0 Å². The lowest BCUT2D eigenvalue weighted by molar-refractivity contribution is -0.286. The second-order valence-corrected chi connectivity index (χ2v) is 14.7. The van der Waals surface area contributed by atoms with Gasteiger partial charge < -0.3 is 33.0 Å². The number of carbonyl (C=O) groups is 1. The van der Waals surface area contributed by atoms with Gasteiger partial charge in [0.15, 0.2) is 17.3 Å². The van der Waals surface area contributed by atoms with Crippen molar-refractivity contribution >= 4 is 30.0 Å². The molecular weight excluding hydrogens is 659 g/mol. The topological polar surface area (TPSA) is 94.6 Å². The highest BCUT2D eigenvalue weighted by Gasteiger charge is 2.53. The number of nitrogens with zero attached hydrogens (tertiary/aromatic N) is 1. The summed E-state index contributed by atoms with van der Waals surface area (Å²) in [7, 11) is -0.351. The van der Waals surface area contributed by atoms with Gasteiger partial charge in [0.2, 0.25) is 0 Å². The maximum atomic E-state index is 13.2. The van der Waals surface area contributed by atoms with Crippen molar-refractivity contribution in [2.24, 2.45) is 0 Å². The minimum Gasteiger partial charge on any atom is -0.491 e. The lowest BCUT2D eigenvalue weighted by Gasteiger charge is -2.32. The molecule has 2 saturated heterocycles. The Hall–Kier alpha value is -3.29. The highest BCUT2D eigenvalue weighted by Crippen LogP contribution is 2.52. The molecule has 0 bridgehead atoms. The van der Waals surface area contributed by atoms with E-state index in [1.54, 1.807) is 12.1 Å². The van der Waals surface area contributed by atoms with E-state index in [4.69, 9.17) is 35.1 Å². The van der Waals surface area contributed by atoms with Crippen molar-refractivity contribution in [1.82, 2.24) is 4.98 Å². The van der Waals surface area contributed by atoms with Gasteiger partial charge in [-0.1, -0.05) is 35.9 Å². The van der Waals surface area contributed by atoms with Crippen LogP contribution in [0, 0.1) is 6.92 Å². The molecule has 0 spiro atoms. The molecule has 49 heavy (non-hydrogen) atoms. The Morgan fingerprint density at radius 3 is 2.18 bits per heavy atom. The van der Waals surface area contributed by atoms with Gasteiger partial charge in [-0.25, -0.2) is 4.98 Å². The molecule has 3 aliphatic heterocycles. The Kier molecular flexibility index (Phi) is 9.28. The highest BCUT2D eigenvalue weighted by atomic mass is 35.5. The van der Waals surface area contributed by atoms with E-state index in [0.717, 1.165) is 16.8 Å². The summed E-state index contributed by atoms with van der Waals surface area (Å²) in [6.07, 6.45) is -2.22. The number of hydrogen-bond acceptors (Lipinski definition) is 9. The van der Waals surface area contributed by atoms with Crippen molar-refractivity contribution in [3.05, 3.63) is 76.6 Å². The predicted octanol–water partition coefficient (Wildman–Crippen LogP) is 6.72. The van der Waals surface area contributed by atoms with Crippen molar-refractivity contribution in [2.45, 2.75) is 103 Å². The Morgan fingerprint density at radius 2 is 1.59 bits per heavy atom. The second-order valence-electron chi connectivity index (χ2n) is 14.3. The molecule has 3 fully saturated rings. The van der Waals surface area contributed by atoms with Crippen LogP contribution in [-0.2, 0) is 35.4 Å². The molecule has 0 radical (unpaired) electrons. The summed E-state index contributed by atoms with van der Waals surface area (Å²) in [5.74, 6) is 0.199. The Morgan fingerprint density at radius 1 is 0.939 bits per heavy atom. The fourth-order valence-corrected chi connectivity index (χ4v) is 5.98. The zero-order valence-corrected chi connectivity index (χ0v) is 29.5. The highest BCUT2D eigenvalue weighted by molar-refractivity contribution is 6.62. The Bertz CT molecular complexity index is 1700. The molecule has 13 heteroatoms. The number of rotatable bonds is 8. The molecule has 2 aromatic carbocycles. The van der Waals surface area contributed by atoms with Crippen molar-refractivity contribution in [3.63, 3.8) is 0 Å². The lowest BCUT2D eigenvalue weighted by Crippen LogP contribution is -2.41. The van der Waals surface area contributed by atoms with Gasteiger partial charge in [-0.15, -0.1) is 8.78 Å². The first-order valence-corrected chi connectivity index (χ1v) is 16.7. The third kappa shape index (κ3) is 7.73. The number of Topliss-reactive ketones (excluding diaryl/α,β-unsaturated/α-hetero) is 1. The smallest absolute Gasteiger partial charge is 0.491 e. The number of pyridine rings is 1. The van der Waals surface area contributed by atoms with Crippen molar-refractivity contribution in [1.29, 1.82) is 0 Å². The fourth-order valence-electron chi connectivity index (χ4n) is 5.81. The van der Waals surface area contributed by atoms with Crippen LogP contribution in [0.3, 0.4) is 0 Å². The van der Waals surface area contributed by atoms with Gasteiger partial charge in [-0.3, -0.25) is 4.79 Å². The SMILES string of the molecule is CC1(C)OC[C@@H](COc2ccc(B3OC(C)(C)C(C)(C)O3)cc2)O1.Cc1ccc(CC(=O)C2(c3ccc4c(c3)OC(F)(F)O4)CC2)nc1Cl. The van der Waals surface area contributed by atoms with E-state index in [0.29, 0.717) is 42.5 Å². The fraction of sp³-hybridized carbons (Fsp3) is 0.500. The number of ether oxygens (including phenoxy) is 5. The number of benzene rings is 2. The van der Waals surface area contributed by atoms with Crippen molar-refractivity contribution < 1.29 is 46.6 Å². The van der Waals surface area contributed by atoms with Crippen LogP contribution in [0.15, 0.2) is 54.6 Å². The molecule has 1 aliphatic carbocycles. The van der Waals surface area contributed by atoms with Gasteiger partial charge in [0.25, 0.3) is 0 Å². The first-order chi connectivity index (χ1) is 22.9. The molecule has 0 unspecified atom stereocenters. The Balaban J connectivity index is 0.000000170. The van der Waals surface area contributed by atoms with Gasteiger partial charge >= 0.3 is 13.4 Å². The summed E-state index contributed by atoms with van der Waals surface area (Å²) in [5, 5.41) is 0.375. The molecule has 4 aliphatic rings. The number of fused-ring (bicyclic) bond motifs is 1. The van der Waals surface area contributed by atoms with E-state index in [1.165, 1.54) is 12.1 Å². The standard InChI is InChI=1S/C18H27BO5.C18H14ClF2NO3/c1-16(2)17(3,4)24-19(23-16)13-7-9-14(10-8-13)20-11-15-12-21-18(5,6)22-15;1-10-2-4-12(22-16(10)19)9-15(23)17(6-7-17)11-3-5-13-14(8-11)25-18(20,21)24-13/h7-10,15H,11-12H2,1-6H3;2-5,8H,6-7,9H2,1H3/t15-;/m1./s1. The molecule has 3 aromatic rings. The number of aryl methyl sites for hydroxylation is 1. The van der Waals surface area contributed by atoms with E-state index in [1.807, 2.05) is 51.1 Å². The van der Waals surface area contributed by atoms with Crippen LogP contribution in [0.4, 0.5) is 8.78 Å². The van der Waals surface area contributed by atoms with E-state index in [-0.39, 0.29) is 48.1 Å². The van der Waals surface area contributed by atoms with Gasteiger partial charge in [0.05, 0.1) is 23.2 Å². The monoisotopic (exact) mass is 699 g/mol. The quantitative estimate of drug-likeness (QED) is 0.188. The first kappa shape index (κ1) is 35.5. The maximum absolute atomic E-state index is 13.2. The molecular formula is C36H41BClF2NO8. The molecule has 1 aromatic heterocycles. The minimum absolute atomic E-state index is 0.00875. The zero-order chi connectivity index (χ0) is 35.4. The van der Waals surface area contributed by atoms with E-state index in [9.17, 15) is 13.6 Å². The predicted molar refractivity (Wildman–Crippen MR) is 179 cm³/mol. The molecule has 7 rings (SSSR count). The van der Waals surface area contributed by atoms with E-state index >= 15 is 0 Å². The van der Waals surface area contributed by atoms with Crippen molar-refractivity contribution in [2.75, 3.05) is 13.2 Å². The van der Waals surface area contributed by atoms with Crippen LogP contribution < -0.4 is 19.7 Å². The summed E-state index contributed by atoms with van der Waals surface area (Å²) in [6.45, 7) is 14.9. The summed E-state index contributed by atoms with van der Waals surface area (Å²) in [5.41, 5.74) is 1.75. The molecule has 0 N–H and O–H groups in total. The summed E-state index contributed by atoms with van der Waals surface area (Å²) >= 11 is 6.01. The number of alkyl halides is 2. The van der Waals surface area contributed by atoms with E-state index in [2.05, 4.69) is 42.2 Å².